The Morgan fingerprint density at radius 2 is 2.13 bits per heavy atom. The molecular weight excluding hydrogens is 184 g/mol. The van der Waals surface area contributed by atoms with Crippen LogP contribution < -0.4 is 4.90 Å². The largest absolute Gasteiger partial charge is 0.371 e. The SMILES string of the molecule is CCC1CCN(c2ccc(C#N)cc2)C1. The maximum absolute atomic E-state index is 8.71. The molecule has 1 saturated heterocycles. The summed E-state index contributed by atoms with van der Waals surface area (Å²) in [7, 11) is 0. The Bertz CT molecular complexity index is 361. The van der Waals surface area contributed by atoms with E-state index in [1.54, 1.807) is 0 Å². The summed E-state index contributed by atoms with van der Waals surface area (Å²) in [5.74, 6) is 0.848. The van der Waals surface area contributed by atoms with Gasteiger partial charge in [-0.1, -0.05) is 13.3 Å². The van der Waals surface area contributed by atoms with Crippen molar-refractivity contribution in [3.8, 4) is 6.07 Å². The molecule has 1 aliphatic rings. The minimum Gasteiger partial charge on any atom is -0.371 e. The molecule has 0 N–H and O–H groups in total. The van der Waals surface area contributed by atoms with Gasteiger partial charge in [0.05, 0.1) is 11.6 Å². The van der Waals surface area contributed by atoms with Gasteiger partial charge in [0.25, 0.3) is 0 Å². The monoisotopic (exact) mass is 200 g/mol. The second-order valence-electron chi connectivity index (χ2n) is 4.17. The summed E-state index contributed by atoms with van der Waals surface area (Å²) < 4.78 is 0. The normalized spacial score (nSPS) is 20.3. The predicted molar refractivity (Wildman–Crippen MR) is 61.8 cm³/mol. The number of benzene rings is 1. The fourth-order valence-corrected chi connectivity index (χ4v) is 2.15. The molecular formula is C13H16N2. The van der Waals surface area contributed by atoms with Crippen LogP contribution in [0.2, 0.25) is 0 Å². The van der Waals surface area contributed by atoms with Crippen molar-refractivity contribution in [2.24, 2.45) is 5.92 Å². The van der Waals surface area contributed by atoms with Crippen molar-refractivity contribution < 1.29 is 0 Å². The number of rotatable bonds is 2. The van der Waals surface area contributed by atoms with Gasteiger partial charge in [0.2, 0.25) is 0 Å². The van der Waals surface area contributed by atoms with E-state index in [2.05, 4.69) is 30.0 Å². The molecule has 0 radical (unpaired) electrons. The smallest absolute Gasteiger partial charge is 0.0991 e. The molecule has 1 aromatic carbocycles. The third-order valence-corrected chi connectivity index (χ3v) is 3.22. The van der Waals surface area contributed by atoms with Gasteiger partial charge in [-0.05, 0) is 36.6 Å². The first-order valence-corrected chi connectivity index (χ1v) is 5.58. The Morgan fingerprint density at radius 1 is 1.40 bits per heavy atom. The van der Waals surface area contributed by atoms with Crippen molar-refractivity contribution in [1.29, 1.82) is 5.26 Å². The Hall–Kier alpha value is -1.49. The van der Waals surface area contributed by atoms with Gasteiger partial charge in [-0.2, -0.15) is 5.26 Å². The molecule has 2 heteroatoms. The van der Waals surface area contributed by atoms with E-state index in [1.807, 2.05) is 12.1 Å². The van der Waals surface area contributed by atoms with Crippen LogP contribution in [-0.2, 0) is 0 Å². The zero-order valence-electron chi connectivity index (χ0n) is 9.11. The lowest BCUT2D eigenvalue weighted by Crippen LogP contribution is -2.19. The molecule has 0 aliphatic carbocycles. The van der Waals surface area contributed by atoms with Crippen molar-refractivity contribution in [3.63, 3.8) is 0 Å². The summed E-state index contributed by atoms with van der Waals surface area (Å²) in [6.07, 6.45) is 2.57. The molecule has 1 heterocycles. The van der Waals surface area contributed by atoms with E-state index in [-0.39, 0.29) is 0 Å². The van der Waals surface area contributed by atoms with Gasteiger partial charge >= 0.3 is 0 Å². The number of nitriles is 1. The lowest BCUT2D eigenvalue weighted by atomic mass is 10.1. The topological polar surface area (TPSA) is 27.0 Å². The Morgan fingerprint density at radius 3 is 2.67 bits per heavy atom. The molecule has 1 aromatic rings. The number of nitrogens with zero attached hydrogens (tertiary/aromatic N) is 2. The molecule has 2 rings (SSSR count). The van der Waals surface area contributed by atoms with Crippen LogP contribution in [-0.4, -0.2) is 13.1 Å². The average Bonchev–Trinajstić information content (AvgIpc) is 2.78. The summed E-state index contributed by atoms with van der Waals surface area (Å²) in [4.78, 5) is 2.41. The van der Waals surface area contributed by atoms with Gasteiger partial charge in [0, 0.05) is 18.8 Å². The first-order chi connectivity index (χ1) is 7.33. The van der Waals surface area contributed by atoms with E-state index in [0.29, 0.717) is 0 Å². The zero-order chi connectivity index (χ0) is 10.7. The highest BCUT2D eigenvalue weighted by Gasteiger charge is 2.20. The second kappa shape index (κ2) is 4.35. The Balaban J connectivity index is 2.08. The number of anilines is 1. The van der Waals surface area contributed by atoms with Crippen LogP contribution in [0.15, 0.2) is 24.3 Å². The standard InChI is InChI=1S/C13H16N2/c1-2-11-7-8-15(10-11)13-5-3-12(9-14)4-6-13/h3-6,11H,2,7-8,10H2,1H3. The quantitative estimate of drug-likeness (QED) is 0.734. The second-order valence-corrected chi connectivity index (χ2v) is 4.17. The van der Waals surface area contributed by atoms with Crippen LogP contribution >= 0.6 is 0 Å². The third-order valence-electron chi connectivity index (χ3n) is 3.22. The molecule has 1 aliphatic heterocycles. The fourth-order valence-electron chi connectivity index (χ4n) is 2.15. The molecule has 0 saturated carbocycles. The third kappa shape index (κ3) is 2.12. The fraction of sp³-hybridized carbons (Fsp3) is 0.462. The Labute approximate surface area is 91.1 Å². The molecule has 0 aromatic heterocycles. The molecule has 1 atom stereocenters. The summed E-state index contributed by atoms with van der Waals surface area (Å²) in [6, 6.07) is 10.0. The van der Waals surface area contributed by atoms with Crippen LogP contribution in [0.1, 0.15) is 25.3 Å². The van der Waals surface area contributed by atoms with E-state index < -0.39 is 0 Å². The maximum Gasteiger partial charge on any atom is 0.0991 e. The van der Waals surface area contributed by atoms with Crippen molar-refractivity contribution in [2.75, 3.05) is 18.0 Å². The summed E-state index contributed by atoms with van der Waals surface area (Å²) in [6.45, 7) is 4.58. The molecule has 1 unspecified atom stereocenters. The van der Waals surface area contributed by atoms with Gasteiger partial charge in [0.1, 0.15) is 0 Å². The first-order valence-electron chi connectivity index (χ1n) is 5.58. The van der Waals surface area contributed by atoms with Gasteiger partial charge < -0.3 is 4.90 Å². The van der Waals surface area contributed by atoms with E-state index in [1.165, 1.54) is 25.1 Å². The van der Waals surface area contributed by atoms with E-state index in [4.69, 9.17) is 5.26 Å². The van der Waals surface area contributed by atoms with Gasteiger partial charge in [-0.15, -0.1) is 0 Å². The van der Waals surface area contributed by atoms with Crippen LogP contribution in [0.4, 0.5) is 5.69 Å². The highest BCUT2D eigenvalue weighted by atomic mass is 15.1. The van der Waals surface area contributed by atoms with Gasteiger partial charge in [0.15, 0.2) is 0 Å². The molecule has 0 bridgehead atoms. The van der Waals surface area contributed by atoms with Crippen molar-refractivity contribution >= 4 is 5.69 Å². The lowest BCUT2D eigenvalue weighted by Gasteiger charge is -2.18. The average molecular weight is 200 g/mol. The Kier molecular flexibility index (Phi) is 2.91. The summed E-state index contributed by atoms with van der Waals surface area (Å²) >= 11 is 0. The number of hydrogen-bond donors (Lipinski definition) is 0. The predicted octanol–water partition coefficient (Wildman–Crippen LogP) is 2.79. The highest BCUT2D eigenvalue weighted by molar-refractivity contribution is 5.50. The molecule has 78 valence electrons. The lowest BCUT2D eigenvalue weighted by molar-refractivity contribution is 0.569. The molecule has 0 amide bonds. The van der Waals surface area contributed by atoms with E-state index in [0.717, 1.165) is 18.0 Å². The van der Waals surface area contributed by atoms with Crippen LogP contribution in [0.3, 0.4) is 0 Å². The molecule has 15 heavy (non-hydrogen) atoms. The summed E-state index contributed by atoms with van der Waals surface area (Å²) in [5.41, 5.74) is 2.00. The van der Waals surface area contributed by atoms with Crippen molar-refractivity contribution in [1.82, 2.24) is 0 Å². The molecule has 1 fully saturated rings. The van der Waals surface area contributed by atoms with Crippen LogP contribution in [0, 0.1) is 17.2 Å². The van der Waals surface area contributed by atoms with Crippen molar-refractivity contribution in [2.45, 2.75) is 19.8 Å². The highest BCUT2D eigenvalue weighted by Crippen LogP contribution is 2.25. The van der Waals surface area contributed by atoms with Gasteiger partial charge in [-0.3, -0.25) is 0 Å². The van der Waals surface area contributed by atoms with Crippen LogP contribution in [0.5, 0.6) is 0 Å². The minimum absolute atomic E-state index is 0.741. The molecule has 0 spiro atoms. The maximum atomic E-state index is 8.71. The zero-order valence-corrected chi connectivity index (χ0v) is 9.11. The summed E-state index contributed by atoms with van der Waals surface area (Å²) in [5, 5.41) is 8.71. The van der Waals surface area contributed by atoms with E-state index in [9.17, 15) is 0 Å². The van der Waals surface area contributed by atoms with E-state index >= 15 is 0 Å². The van der Waals surface area contributed by atoms with Crippen LogP contribution in [0.25, 0.3) is 0 Å². The number of hydrogen-bond acceptors (Lipinski definition) is 2. The molecule has 2 nitrogen and oxygen atoms in total. The minimum atomic E-state index is 0.741. The van der Waals surface area contributed by atoms with Gasteiger partial charge in [-0.25, -0.2) is 0 Å². The first kappa shape index (κ1) is 10.0. The van der Waals surface area contributed by atoms with Crippen molar-refractivity contribution in [3.05, 3.63) is 29.8 Å².